The van der Waals surface area contributed by atoms with Crippen LogP contribution < -0.4 is 16.4 Å². The lowest BCUT2D eigenvalue weighted by atomic mass is 10.1. The predicted octanol–water partition coefficient (Wildman–Crippen LogP) is 1.27. The van der Waals surface area contributed by atoms with E-state index in [2.05, 4.69) is 10.6 Å². The van der Waals surface area contributed by atoms with Gasteiger partial charge in [0.1, 0.15) is 16.1 Å². The van der Waals surface area contributed by atoms with E-state index in [1.54, 1.807) is 24.3 Å². The molecule has 0 aromatic heterocycles. The van der Waals surface area contributed by atoms with Crippen molar-refractivity contribution in [2.24, 2.45) is 11.7 Å². The monoisotopic (exact) mass is 483 g/mol. The molecule has 32 heavy (non-hydrogen) atoms. The Hall–Kier alpha value is -2.36. The molecule has 9 nitrogen and oxygen atoms in total. The molecule has 1 saturated carbocycles. The maximum absolute atomic E-state index is 13.0. The van der Waals surface area contributed by atoms with Crippen molar-refractivity contribution >= 4 is 52.3 Å². The molecular formula is C21H27Cl2N5O4. The van der Waals surface area contributed by atoms with E-state index in [1.807, 2.05) is 6.92 Å². The molecule has 2 aliphatic rings. The number of carbonyl (C=O) groups excluding carboxylic acids is 3. The van der Waals surface area contributed by atoms with Crippen molar-refractivity contribution in [3.63, 3.8) is 0 Å². The van der Waals surface area contributed by atoms with Crippen molar-refractivity contribution in [1.82, 2.24) is 10.2 Å². The van der Waals surface area contributed by atoms with Gasteiger partial charge in [-0.15, -0.1) is 23.2 Å². The minimum Gasteiger partial charge on any atom is -0.379 e. The Morgan fingerprint density at radius 2 is 2.00 bits per heavy atom. The van der Waals surface area contributed by atoms with Gasteiger partial charge in [-0.05, 0) is 25.8 Å². The number of carbonyl (C=O) groups is 3. The van der Waals surface area contributed by atoms with Crippen LogP contribution in [-0.4, -0.2) is 71.1 Å². The van der Waals surface area contributed by atoms with Gasteiger partial charge in [0.2, 0.25) is 11.8 Å². The summed E-state index contributed by atoms with van der Waals surface area (Å²) < 4.78 is 4.63. The smallest absolute Gasteiger partial charge is 0.267 e. The topological polar surface area (TPSA) is 138 Å². The summed E-state index contributed by atoms with van der Waals surface area (Å²) in [5.41, 5.74) is 5.58. The number of rotatable bonds is 9. The van der Waals surface area contributed by atoms with Gasteiger partial charge in [-0.2, -0.15) is 0 Å². The molecule has 0 spiro atoms. The highest BCUT2D eigenvalue weighted by molar-refractivity contribution is 6.51. The number of nitrogens with two attached hydrogens (primary N) is 1. The molecule has 1 aliphatic carbocycles. The molecule has 0 bridgehead atoms. The second-order valence-electron chi connectivity index (χ2n) is 8.10. The van der Waals surface area contributed by atoms with Gasteiger partial charge in [-0.25, -0.2) is 0 Å². The van der Waals surface area contributed by atoms with Crippen LogP contribution in [0.4, 0.5) is 5.69 Å². The lowest BCUT2D eigenvalue weighted by molar-refractivity contribution is -0.140. The summed E-state index contributed by atoms with van der Waals surface area (Å²) >= 11 is 12.2. The van der Waals surface area contributed by atoms with Crippen molar-refractivity contribution < 1.29 is 19.1 Å². The summed E-state index contributed by atoms with van der Waals surface area (Å²) in [6.07, 6.45) is 0.690. The largest absolute Gasteiger partial charge is 0.379 e. The highest BCUT2D eigenvalue weighted by Gasteiger charge is 2.55. The van der Waals surface area contributed by atoms with Crippen LogP contribution in [-0.2, 0) is 19.1 Å². The average molecular weight is 484 g/mol. The third-order valence-electron chi connectivity index (χ3n) is 5.95. The van der Waals surface area contributed by atoms with E-state index in [0.717, 1.165) is 0 Å². The van der Waals surface area contributed by atoms with Gasteiger partial charge in [0.25, 0.3) is 5.91 Å². The van der Waals surface area contributed by atoms with Gasteiger partial charge < -0.3 is 26.0 Å². The number of primary amides is 1. The first-order valence-electron chi connectivity index (χ1n) is 10.3. The lowest BCUT2D eigenvalue weighted by Crippen LogP contribution is -2.53. The molecule has 3 rings (SSSR count). The van der Waals surface area contributed by atoms with E-state index in [4.69, 9.17) is 39.1 Å². The number of likely N-dealkylation sites (tertiary alicyclic amines) is 1. The zero-order valence-electron chi connectivity index (χ0n) is 17.9. The Kier molecular flexibility index (Phi) is 7.32. The SMILES string of the molecule is COC1CCN(C(=O)CNc2ccccc2C(=N)C(N)=O)C1C(=O)NC(C)C1CC1(Cl)Cl. The number of anilines is 1. The fourth-order valence-electron chi connectivity index (χ4n) is 4.05. The molecule has 3 amide bonds. The van der Waals surface area contributed by atoms with E-state index < -0.39 is 22.4 Å². The summed E-state index contributed by atoms with van der Waals surface area (Å²) in [7, 11) is 1.51. The number of nitrogens with zero attached hydrogens (tertiary/aromatic N) is 1. The van der Waals surface area contributed by atoms with E-state index in [-0.39, 0.29) is 36.0 Å². The van der Waals surface area contributed by atoms with Crippen LogP contribution in [0.2, 0.25) is 0 Å². The molecule has 4 unspecified atom stereocenters. The minimum atomic E-state index is -0.868. The fraction of sp³-hybridized carbons (Fsp3) is 0.524. The predicted molar refractivity (Wildman–Crippen MR) is 122 cm³/mol. The van der Waals surface area contributed by atoms with Crippen LogP contribution in [0.25, 0.3) is 0 Å². The van der Waals surface area contributed by atoms with Gasteiger partial charge >= 0.3 is 0 Å². The second kappa shape index (κ2) is 9.64. The number of hydrogen-bond acceptors (Lipinski definition) is 6. The zero-order chi connectivity index (χ0) is 23.6. The van der Waals surface area contributed by atoms with Crippen molar-refractivity contribution in [2.45, 2.75) is 42.3 Å². The number of hydrogen-bond donors (Lipinski definition) is 4. The molecule has 2 fully saturated rings. The third-order valence-corrected chi connectivity index (χ3v) is 6.82. The first-order valence-corrected chi connectivity index (χ1v) is 11.0. The Morgan fingerprint density at radius 1 is 1.34 bits per heavy atom. The standard InChI is InChI=1S/C21H27Cl2N5O4/c1-11(13-9-21(13,22)23)27-20(31)18-15(32-2)7-8-28(18)16(29)10-26-14-6-4-3-5-12(14)17(24)19(25)30/h3-6,11,13,15,18,24,26H,7-10H2,1-2H3,(H2,25,30)(H,27,31). The van der Waals surface area contributed by atoms with Crippen molar-refractivity contribution in [2.75, 3.05) is 25.5 Å². The first-order chi connectivity index (χ1) is 15.1. The van der Waals surface area contributed by atoms with Crippen LogP contribution in [0.3, 0.4) is 0 Å². The molecular weight excluding hydrogens is 457 g/mol. The zero-order valence-corrected chi connectivity index (χ0v) is 19.4. The molecule has 1 aromatic rings. The highest BCUT2D eigenvalue weighted by Crippen LogP contribution is 2.54. The summed E-state index contributed by atoms with van der Waals surface area (Å²) in [5, 5.41) is 13.7. The Bertz CT molecular complexity index is 925. The maximum atomic E-state index is 13.0. The first kappa shape index (κ1) is 24.3. The van der Waals surface area contributed by atoms with Crippen LogP contribution in [0.5, 0.6) is 0 Å². The van der Waals surface area contributed by atoms with Crippen LogP contribution in [0, 0.1) is 11.3 Å². The summed E-state index contributed by atoms with van der Waals surface area (Å²) in [5.74, 6) is -1.54. The summed E-state index contributed by atoms with van der Waals surface area (Å²) in [6.45, 7) is 2.07. The van der Waals surface area contributed by atoms with Gasteiger partial charge in [-0.3, -0.25) is 19.8 Å². The lowest BCUT2D eigenvalue weighted by Gasteiger charge is -2.28. The average Bonchev–Trinajstić information content (AvgIpc) is 3.20. The number of nitrogens with one attached hydrogen (secondary N) is 3. The van der Waals surface area contributed by atoms with Crippen molar-refractivity contribution in [3.8, 4) is 0 Å². The fourth-order valence-corrected chi connectivity index (χ4v) is 4.76. The molecule has 1 aliphatic heterocycles. The number of amides is 3. The molecule has 4 atom stereocenters. The van der Waals surface area contributed by atoms with Crippen LogP contribution in [0.15, 0.2) is 24.3 Å². The molecule has 1 aromatic carbocycles. The Labute approximate surface area is 196 Å². The Balaban J connectivity index is 1.67. The molecule has 1 heterocycles. The minimum absolute atomic E-state index is 0.0416. The number of para-hydroxylation sites is 1. The number of alkyl halides is 2. The van der Waals surface area contributed by atoms with Gasteiger partial charge in [-0.1, -0.05) is 18.2 Å². The third kappa shape index (κ3) is 5.16. The van der Waals surface area contributed by atoms with Crippen molar-refractivity contribution in [1.29, 1.82) is 5.41 Å². The number of benzene rings is 1. The molecule has 5 N–H and O–H groups in total. The quantitative estimate of drug-likeness (QED) is 0.309. The number of methoxy groups -OCH3 is 1. The normalized spacial score (nSPS) is 24.5. The summed E-state index contributed by atoms with van der Waals surface area (Å²) in [6, 6.07) is 5.58. The van der Waals surface area contributed by atoms with E-state index >= 15 is 0 Å². The van der Waals surface area contributed by atoms with Gasteiger partial charge in [0.15, 0.2) is 0 Å². The second-order valence-corrected chi connectivity index (χ2v) is 9.64. The van der Waals surface area contributed by atoms with Crippen molar-refractivity contribution in [3.05, 3.63) is 29.8 Å². The summed E-state index contributed by atoms with van der Waals surface area (Å²) in [4.78, 5) is 38.9. The van der Waals surface area contributed by atoms with Gasteiger partial charge in [0.05, 0.1) is 12.6 Å². The molecule has 11 heteroatoms. The Morgan fingerprint density at radius 3 is 2.59 bits per heavy atom. The highest BCUT2D eigenvalue weighted by atomic mass is 35.5. The number of ether oxygens (including phenoxy) is 1. The van der Waals surface area contributed by atoms with Crippen LogP contribution >= 0.6 is 23.2 Å². The molecule has 0 radical (unpaired) electrons. The van der Waals surface area contributed by atoms with Crippen LogP contribution in [0.1, 0.15) is 25.3 Å². The molecule has 174 valence electrons. The van der Waals surface area contributed by atoms with E-state index in [9.17, 15) is 14.4 Å². The van der Waals surface area contributed by atoms with Gasteiger partial charge in [0, 0.05) is 36.9 Å². The van der Waals surface area contributed by atoms with E-state index in [1.165, 1.54) is 12.0 Å². The van der Waals surface area contributed by atoms with E-state index in [0.29, 0.717) is 30.6 Å². The maximum Gasteiger partial charge on any atom is 0.267 e. The number of halogens is 2. The molecule has 1 saturated heterocycles.